The van der Waals surface area contributed by atoms with Crippen molar-refractivity contribution in [3.05, 3.63) is 67.9 Å². The molecule has 1 aromatic carbocycles. The molecule has 1 N–H and O–H groups in total. The zero-order valence-corrected chi connectivity index (χ0v) is 21.8. The summed E-state index contributed by atoms with van der Waals surface area (Å²) in [4.78, 5) is 29.3. The molecule has 33 heavy (non-hydrogen) atoms. The maximum atomic E-state index is 13.2. The lowest BCUT2D eigenvalue weighted by molar-refractivity contribution is -0.131. The molecule has 3 aliphatic rings. The van der Waals surface area contributed by atoms with Crippen molar-refractivity contribution in [1.82, 2.24) is 15.1 Å². The van der Waals surface area contributed by atoms with Crippen molar-refractivity contribution in [1.29, 1.82) is 0 Å². The molecule has 6 nitrogen and oxygen atoms in total. The minimum atomic E-state index is -0.278. The highest BCUT2D eigenvalue weighted by Gasteiger charge is 2.41. The van der Waals surface area contributed by atoms with E-state index in [1.165, 1.54) is 16.1 Å². The minimum Gasteiger partial charge on any atom is -0.375 e. The topological polar surface area (TPSA) is 61.9 Å². The third-order valence-corrected chi connectivity index (χ3v) is 7.57. The molecule has 0 radical (unpaired) electrons. The van der Waals surface area contributed by atoms with Crippen molar-refractivity contribution in [2.75, 3.05) is 20.2 Å². The van der Waals surface area contributed by atoms with E-state index in [9.17, 15) is 9.59 Å². The molecular formula is C25H29ClIN3O3. The van der Waals surface area contributed by atoms with Crippen LogP contribution in [0, 0.1) is 3.57 Å². The first-order valence-corrected chi connectivity index (χ1v) is 12.7. The van der Waals surface area contributed by atoms with Crippen LogP contribution in [0.1, 0.15) is 31.7 Å². The van der Waals surface area contributed by atoms with E-state index in [1.807, 2.05) is 0 Å². The highest BCUT2D eigenvalue weighted by Crippen LogP contribution is 2.32. The van der Waals surface area contributed by atoms with Crippen LogP contribution in [0.5, 0.6) is 0 Å². The van der Waals surface area contributed by atoms with Gasteiger partial charge in [-0.2, -0.15) is 0 Å². The molecule has 2 saturated heterocycles. The van der Waals surface area contributed by atoms with Gasteiger partial charge in [0.1, 0.15) is 0 Å². The summed E-state index contributed by atoms with van der Waals surface area (Å²) in [6, 6.07) is 9.12. The Morgan fingerprint density at radius 1 is 1.21 bits per heavy atom. The van der Waals surface area contributed by atoms with Gasteiger partial charge in [-0.1, -0.05) is 29.8 Å². The molecule has 0 spiro atoms. The molecule has 1 aromatic rings. The molecule has 3 unspecified atom stereocenters. The summed E-state index contributed by atoms with van der Waals surface area (Å²) in [5.41, 5.74) is 2.76. The molecule has 2 amide bonds. The number of hydrogen-bond donors (Lipinski definition) is 1. The van der Waals surface area contributed by atoms with Gasteiger partial charge in [-0.05, 0) is 64.8 Å². The second kappa shape index (κ2) is 10.7. The average Bonchev–Trinajstić information content (AvgIpc) is 3.04. The van der Waals surface area contributed by atoms with E-state index >= 15 is 0 Å². The quantitative estimate of drug-likeness (QED) is 0.408. The first-order valence-electron chi connectivity index (χ1n) is 11.2. The molecule has 2 heterocycles. The number of ether oxygens (including phenoxy) is 1. The smallest absolute Gasteiger partial charge is 0.247 e. The van der Waals surface area contributed by atoms with E-state index in [-0.39, 0.29) is 30.0 Å². The van der Waals surface area contributed by atoms with Crippen molar-refractivity contribution in [2.24, 2.45) is 0 Å². The Hall–Kier alpha value is -1.68. The van der Waals surface area contributed by atoms with Crippen LogP contribution >= 0.6 is 34.2 Å². The van der Waals surface area contributed by atoms with Gasteiger partial charge in [0, 0.05) is 72.5 Å². The summed E-state index contributed by atoms with van der Waals surface area (Å²) in [6.07, 6.45) is 7.45. The van der Waals surface area contributed by atoms with E-state index in [4.69, 9.17) is 16.3 Å². The SMILES string of the molecule is COC1CC(/C=C/C(=O)N2C3CCC2CN(Cc2ccc(I)cc2)C3)=C(NC(C)=O)C=C1Cl. The van der Waals surface area contributed by atoms with Gasteiger partial charge in [-0.3, -0.25) is 14.5 Å². The Balaban J connectivity index is 1.44. The summed E-state index contributed by atoms with van der Waals surface area (Å²) in [7, 11) is 1.60. The molecule has 3 atom stereocenters. The van der Waals surface area contributed by atoms with Crippen LogP contribution < -0.4 is 5.32 Å². The Kier molecular flexibility index (Phi) is 7.94. The second-order valence-electron chi connectivity index (χ2n) is 8.86. The van der Waals surface area contributed by atoms with E-state index in [0.29, 0.717) is 17.2 Å². The first kappa shape index (κ1) is 24.4. The average molecular weight is 582 g/mol. The molecule has 2 bridgehead atoms. The summed E-state index contributed by atoms with van der Waals surface area (Å²) in [5, 5.41) is 3.35. The normalized spacial score (nSPS) is 25.5. The number of nitrogens with zero attached hydrogens (tertiary/aromatic N) is 2. The van der Waals surface area contributed by atoms with Gasteiger partial charge in [0.05, 0.1) is 6.10 Å². The van der Waals surface area contributed by atoms with E-state index < -0.39 is 0 Å². The van der Waals surface area contributed by atoms with Crippen molar-refractivity contribution in [2.45, 2.75) is 50.9 Å². The molecule has 176 valence electrons. The molecule has 2 aliphatic heterocycles. The van der Waals surface area contributed by atoms with Gasteiger partial charge in [0.25, 0.3) is 0 Å². The molecule has 4 rings (SSSR count). The van der Waals surface area contributed by atoms with Crippen LogP contribution in [0.2, 0.25) is 0 Å². The number of carbonyl (C=O) groups is 2. The van der Waals surface area contributed by atoms with Crippen molar-refractivity contribution >= 4 is 46.0 Å². The summed E-state index contributed by atoms with van der Waals surface area (Å²) < 4.78 is 6.68. The zero-order chi connectivity index (χ0) is 23.5. The van der Waals surface area contributed by atoms with Crippen LogP contribution in [0.25, 0.3) is 0 Å². The van der Waals surface area contributed by atoms with Crippen LogP contribution in [-0.2, 0) is 20.9 Å². The van der Waals surface area contributed by atoms with Gasteiger partial charge >= 0.3 is 0 Å². The Morgan fingerprint density at radius 3 is 2.48 bits per heavy atom. The zero-order valence-electron chi connectivity index (χ0n) is 18.9. The molecule has 0 aromatic heterocycles. The molecule has 2 fully saturated rings. The lowest BCUT2D eigenvalue weighted by Gasteiger charge is -2.40. The fraction of sp³-hybridized carbons (Fsp3) is 0.440. The van der Waals surface area contributed by atoms with Crippen LogP contribution in [0.15, 0.2) is 58.8 Å². The Labute approximate surface area is 213 Å². The van der Waals surface area contributed by atoms with E-state index in [2.05, 4.69) is 62.0 Å². The molecular weight excluding hydrogens is 553 g/mol. The van der Waals surface area contributed by atoms with Crippen molar-refractivity contribution in [3.8, 4) is 0 Å². The highest BCUT2D eigenvalue weighted by atomic mass is 127. The van der Waals surface area contributed by atoms with Gasteiger partial charge in [-0.15, -0.1) is 0 Å². The number of rotatable bonds is 6. The molecule has 8 heteroatoms. The van der Waals surface area contributed by atoms with Gasteiger partial charge in [0.15, 0.2) is 0 Å². The van der Waals surface area contributed by atoms with E-state index in [0.717, 1.165) is 38.0 Å². The number of carbonyl (C=O) groups excluding carboxylic acids is 2. The number of amides is 2. The third kappa shape index (κ3) is 5.88. The fourth-order valence-electron chi connectivity index (χ4n) is 4.98. The maximum Gasteiger partial charge on any atom is 0.247 e. The number of allylic oxidation sites excluding steroid dienone is 2. The minimum absolute atomic E-state index is 0.0284. The van der Waals surface area contributed by atoms with Gasteiger partial charge < -0.3 is 15.0 Å². The van der Waals surface area contributed by atoms with Gasteiger partial charge in [-0.25, -0.2) is 0 Å². The number of benzene rings is 1. The van der Waals surface area contributed by atoms with Crippen LogP contribution in [-0.4, -0.2) is 60.0 Å². The number of piperazine rings is 1. The Bertz CT molecular complexity index is 991. The summed E-state index contributed by atoms with van der Waals surface area (Å²) in [5.74, 6) is -0.151. The summed E-state index contributed by atoms with van der Waals surface area (Å²) >= 11 is 8.61. The third-order valence-electron chi connectivity index (χ3n) is 6.50. The van der Waals surface area contributed by atoms with Crippen molar-refractivity contribution in [3.63, 3.8) is 0 Å². The monoisotopic (exact) mass is 581 g/mol. The number of methoxy groups -OCH3 is 1. The second-order valence-corrected chi connectivity index (χ2v) is 10.5. The van der Waals surface area contributed by atoms with Crippen LogP contribution in [0.3, 0.4) is 0 Å². The number of hydrogen-bond acceptors (Lipinski definition) is 4. The maximum absolute atomic E-state index is 13.2. The number of fused-ring (bicyclic) bond motifs is 2. The lowest BCUT2D eigenvalue weighted by atomic mass is 9.98. The molecule has 1 aliphatic carbocycles. The lowest BCUT2D eigenvalue weighted by Crippen LogP contribution is -2.55. The van der Waals surface area contributed by atoms with Crippen molar-refractivity contribution < 1.29 is 14.3 Å². The largest absolute Gasteiger partial charge is 0.375 e. The number of likely N-dealkylation sites (tertiary alicyclic amines) is 1. The standard InChI is InChI=1S/C25H29ClIN3O3/c1-16(31)28-23-12-22(26)24(33-2)11-18(23)5-10-25(32)30-20-8-9-21(30)15-29(14-20)13-17-3-6-19(27)7-4-17/h3-7,10,12,20-21,24H,8-9,11,13-15H2,1-2H3,(H,28,31)/b10-5+. The predicted molar refractivity (Wildman–Crippen MR) is 137 cm³/mol. The number of nitrogens with one attached hydrogen (secondary N) is 1. The fourth-order valence-corrected chi connectivity index (χ4v) is 5.61. The van der Waals surface area contributed by atoms with Gasteiger partial charge in [0.2, 0.25) is 11.8 Å². The Morgan fingerprint density at radius 2 is 1.88 bits per heavy atom. The first-order chi connectivity index (χ1) is 15.8. The number of halogens is 2. The highest BCUT2D eigenvalue weighted by molar-refractivity contribution is 14.1. The summed E-state index contributed by atoms with van der Waals surface area (Å²) in [6.45, 7) is 4.16. The van der Waals surface area contributed by atoms with E-state index in [1.54, 1.807) is 25.3 Å². The van der Waals surface area contributed by atoms with Crippen LogP contribution in [0.4, 0.5) is 0 Å². The predicted octanol–water partition coefficient (Wildman–Crippen LogP) is 3.95. The molecule has 0 saturated carbocycles.